The van der Waals surface area contributed by atoms with Crippen LogP contribution >= 0.6 is 0 Å². The third kappa shape index (κ3) is 1.23. The van der Waals surface area contributed by atoms with Gasteiger partial charge in [0.2, 0.25) is 5.91 Å². The van der Waals surface area contributed by atoms with Gasteiger partial charge in [-0.3, -0.25) is 4.79 Å². The fraction of sp³-hybridized carbons (Fsp3) is 0.714. The van der Waals surface area contributed by atoms with E-state index in [0.29, 0.717) is 6.04 Å². The summed E-state index contributed by atoms with van der Waals surface area (Å²) >= 11 is 0. The highest BCUT2D eigenvalue weighted by atomic mass is 16.2. The topological polar surface area (TPSA) is 20.3 Å². The smallest absolute Gasteiger partial charge is 0.223 e. The van der Waals surface area contributed by atoms with E-state index in [1.807, 2.05) is 4.90 Å². The lowest BCUT2D eigenvalue weighted by Crippen LogP contribution is -2.31. The summed E-state index contributed by atoms with van der Waals surface area (Å²) in [5, 5.41) is 0. The molecule has 0 N–H and O–H groups in total. The number of carbonyl (C=O) groups is 1. The lowest BCUT2D eigenvalue weighted by atomic mass is 10.2. The maximum atomic E-state index is 10.7. The molecule has 1 unspecified atom stereocenters. The Balaban J connectivity index is 2.49. The number of nitrogens with zero attached hydrogens (tertiary/aromatic N) is 1. The van der Waals surface area contributed by atoms with Crippen molar-refractivity contribution in [3.8, 4) is 0 Å². The van der Waals surface area contributed by atoms with Gasteiger partial charge in [0.1, 0.15) is 0 Å². The largest absolute Gasteiger partial charge is 0.340 e. The molecule has 1 aliphatic rings. The third-order valence-electron chi connectivity index (χ3n) is 1.87. The number of amides is 1. The van der Waals surface area contributed by atoms with Crippen LogP contribution in [0.1, 0.15) is 19.8 Å². The Morgan fingerprint density at radius 2 is 2.44 bits per heavy atom. The maximum absolute atomic E-state index is 10.7. The number of hydrogen-bond donors (Lipinski definition) is 0. The predicted octanol–water partition coefficient (Wildman–Crippen LogP) is 0.831. The quantitative estimate of drug-likeness (QED) is 0.471. The van der Waals surface area contributed by atoms with Crippen molar-refractivity contribution in [1.82, 2.24) is 4.90 Å². The predicted molar refractivity (Wildman–Crippen MR) is 35.8 cm³/mol. The summed E-state index contributed by atoms with van der Waals surface area (Å²) in [7, 11) is 0. The highest BCUT2D eigenvalue weighted by molar-refractivity contribution is 5.80. The van der Waals surface area contributed by atoms with E-state index in [1.165, 1.54) is 0 Å². The summed E-state index contributed by atoms with van der Waals surface area (Å²) in [6, 6.07) is 0.426. The molecule has 0 aromatic heterocycles. The van der Waals surface area contributed by atoms with Gasteiger partial charge in [-0.15, -0.1) is 0 Å². The third-order valence-corrected chi connectivity index (χ3v) is 1.87. The van der Waals surface area contributed by atoms with E-state index < -0.39 is 0 Å². The number of rotatable bonds is 0. The second-order valence-corrected chi connectivity index (χ2v) is 2.58. The van der Waals surface area contributed by atoms with Crippen molar-refractivity contribution in [3.05, 3.63) is 6.92 Å². The van der Waals surface area contributed by atoms with Crippen molar-refractivity contribution in [2.45, 2.75) is 25.8 Å². The van der Waals surface area contributed by atoms with E-state index in [2.05, 4.69) is 13.8 Å². The molecule has 0 aromatic carbocycles. The zero-order valence-electron chi connectivity index (χ0n) is 5.76. The van der Waals surface area contributed by atoms with E-state index in [0.717, 1.165) is 19.4 Å². The zero-order valence-corrected chi connectivity index (χ0v) is 5.76. The summed E-state index contributed by atoms with van der Waals surface area (Å²) in [5.41, 5.74) is 0. The molecule has 1 atom stereocenters. The first-order valence-electron chi connectivity index (χ1n) is 3.34. The molecule has 51 valence electrons. The van der Waals surface area contributed by atoms with Crippen LogP contribution in [-0.2, 0) is 4.79 Å². The Labute approximate surface area is 55.8 Å². The van der Waals surface area contributed by atoms with Gasteiger partial charge < -0.3 is 4.90 Å². The Morgan fingerprint density at radius 1 is 1.78 bits per heavy atom. The van der Waals surface area contributed by atoms with Crippen LogP contribution in [0, 0.1) is 6.92 Å². The van der Waals surface area contributed by atoms with Gasteiger partial charge in [0.15, 0.2) is 0 Å². The van der Waals surface area contributed by atoms with Gasteiger partial charge in [-0.1, -0.05) is 0 Å². The van der Waals surface area contributed by atoms with Crippen LogP contribution in [0.4, 0.5) is 0 Å². The van der Waals surface area contributed by atoms with Crippen molar-refractivity contribution in [2.75, 3.05) is 6.54 Å². The number of likely N-dealkylation sites (tertiary alicyclic amines) is 1. The highest BCUT2D eigenvalue weighted by Gasteiger charge is 2.21. The van der Waals surface area contributed by atoms with Crippen molar-refractivity contribution in [1.29, 1.82) is 0 Å². The second kappa shape index (κ2) is 2.38. The SMILES string of the molecule is [CH2]C(=O)N1CCCC1C. The molecule has 0 spiro atoms. The van der Waals surface area contributed by atoms with Gasteiger partial charge >= 0.3 is 0 Å². The molecule has 0 aliphatic carbocycles. The first-order valence-corrected chi connectivity index (χ1v) is 3.34. The lowest BCUT2D eigenvalue weighted by Gasteiger charge is -2.18. The van der Waals surface area contributed by atoms with Gasteiger partial charge in [-0.2, -0.15) is 0 Å². The summed E-state index contributed by atoms with van der Waals surface area (Å²) < 4.78 is 0. The van der Waals surface area contributed by atoms with Crippen molar-refractivity contribution >= 4 is 5.91 Å². The van der Waals surface area contributed by atoms with Crippen LogP contribution in [0.3, 0.4) is 0 Å². The van der Waals surface area contributed by atoms with E-state index in [-0.39, 0.29) is 5.91 Å². The molecular formula is C7H12NO. The molecule has 2 heteroatoms. The minimum Gasteiger partial charge on any atom is -0.340 e. The van der Waals surface area contributed by atoms with Gasteiger partial charge in [-0.05, 0) is 19.8 Å². The Kier molecular flexibility index (Phi) is 1.74. The molecule has 1 heterocycles. The average Bonchev–Trinajstić information content (AvgIpc) is 2.13. The molecule has 1 radical (unpaired) electrons. The zero-order chi connectivity index (χ0) is 6.85. The molecule has 1 rings (SSSR count). The van der Waals surface area contributed by atoms with Crippen molar-refractivity contribution < 1.29 is 4.79 Å². The first-order chi connectivity index (χ1) is 4.22. The fourth-order valence-electron chi connectivity index (χ4n) is 1.30. The Bertz CT molecular complexity index is 122. The van der Waals surface area contributed by atoms with Crippen LogP contribution < -0.4 is 0 Å². The first kappa shape index (κ1) is 6.59. The van der Waals surface area contributed by atoms with Crippen molar-refractivity contribution in [3.63, 3.8) is 0 Å². The van der Waals surface area contributed by atoms with E-state index in [9.17, 15) is 4.79 Å². The van der Waals surface area contributed by atoms with Crippen LogP contribution in [0.25, 0.3) is 0 Å². The second-order valence-electron chi connectivity index (χ2n) is 2.58. The van der Waals surface area contributed by atoms with Crippen molar-refractivity contribution in [2.24, 2.45) is 0 Å². The molecule has 9 heavy (non-hydrogen) atoms. The Morgan fingerprint density at radius 3 is 2.67 bits per heavy atom. The monoisotopic (exact) mass is 126 g/mol. The van der Waals surface area contributed by atoms with Gasteiger partial charge in [0.25, 0.3) is 0 Å². The summed E-state index contributed by atoms with van der Waals surface area (Å²) in [6.07, 6.45) is 2.28. The van der Waals surface area contributed by atoms with Crippen LogP contribution in [0.2, 0.25) is 0 Å². The van der Waals surface area contributed by atoms with Crippen LogP contribution in [0.5, 0.6) is 0 Å². The van der Waals surface area contributed by atoms with Crippen LogP contribution in [0.15, 0.2) is 0 Å². The van der Waals surface area contributed by atoms with Gasteiger partial charge in [-0.25, -0.2) is 0 Å². The molecule has 2 nitrogen and oxygen atoms in total. The fourth-order valence-corrected chi connectivity index (χ4v) is 1.30. The van der Waals surface area contributed by atoms with E-state index >= 15 is 0 Å². The van der Waals surface area contributed by atoms with Crippen LogP contribution in [-0.4, -0.2) is 23.4 Å². The molecule has 1 saturated heterocycles. The molecular weight excluding hydrogens is 114 g/mol. The minimum atomic E-state index is -0.0278. The number of hydrogen-bond acceptors (Lipinski definition) is 1. The van der Waals surface area contributed by atoms with Gasteiger partial charge in [0, 0.05) is 19.5 Å². The molecule has 0 aromatic rings. The summed E-state index contributed by atoms with van der Waals surface area (Å²) in [4.78, 5) is 12.5. The van der Waals surface area contributed by atoms with E-state index in [4.69, 9.17) is 0 Å². The number of carbonyl (C=O) groups excluding carboxylic acids is 1. The summed E-state index contributed by atoms with van der Waals surface area (Å²) in [6.45, 7) is 6.33. The van der Waals surface area contributed by atoms with E-state index in [1.54, 1.807) is 0 Å². The maximum Gasteiger partial charge on any atom is 0.223 e. The molecule has 0 bridgehead atoms. The molecule has 1 amide bonds. The summed E-state index contributed by atoms with van der Waals surface area (Å²) in [5.74, 6) is -0.0278. The standard InChI is InChI=1S/C7H12NO/c1-6-4-3-5-8(6)7(2)9/h6H,2-5H2,1H3. The average molecular weight is 126 g/mol. The molecule has 0 saturated carbocycles. The highest BCUT2D eigenvalue weighted by Crippen LogP contribution is 2.15. The Hall–Kier alpha value is -0.530. The lowest BCUT2D eigenvalue weighted by molar-refractivity contribution is -0.126. The van der Waals surface area contributed by atoms with Gasteiger partial charge in [0.05, 0.1) is 0 Å². The molecule has 1 aliphatic heterocycles. The molecule has 1 fully saturated rings. The minimum absolute atomic E-state index is 0.0278. The normalized spacial score (nSPS) is 26.9.